The molecule has 0 spiro atoms. The van der Waals surface area contributed by atoms with Gasteiger partial charge in [0.25, 0.3) is 0 Å². The third-order valence-corrected chi connectivity index (χ3v) is 6.17. The molecule has 32 heavy (non-hydrogen) atoms. The second-order valence-corrected chi connectivity index (χ2v) is 8.98. The van der Waals surface area contributed by atoms with Gasteiger partial charge in [-0.25, -0.2) is 0 Å². The second kappa shape index (κ2) is 11.7. The molecule has 1 aliphatic heterocycles. The molecule has 9 heteroatoms. The number of hydrogen-bond acceptors (Lipinski definition) is 6. The third kappa shape index (κ3) is 5.81. The Morgan fingerprint density at radius 1 is 1.06 bits per heavy atom. The van der Waals surface area contributed by atoms with Crippen molar-refractivity contribution < 1.29 is 52.9 Å². The molecule has 0 bridgehead atoms. The minimum atomic E-state index is -0.644. The van der Waals surface area contributed by atoms with Gasteiger partial charge in [0, 0.05) is 0 Å². The zero-order valence-electron chi connectivity index (χ0n) is 18.5. The molecule has 2 aromatic carbocycles. The Morgan fingerprint density at radius 3 is 2.41 bits per heavy atom. The van der Waals surface area contributed by atoms with E-state index in [1.54, 1.807) is 26.4 Å². The van der Waals surface area contributed by atoms with E-state index in [0.29, 0.717) is 24.4 Å². The van der Waals surface area contributed by atoms with Crippen LogP contribution in [0.5, 0.6) is 23.0 Å². The molecular formula is C23H28AtFN2O5. The number of amides is 1. The van der Waals surface area contributed by atoms with E-state index < -0.39 is 6.67 Å². The Balaban J connectivity index is 1.63. The van der Waals surface area contributed by atoms with Crippen LogP contribution in [0.1, 0.15) is 21.5 Å². The number of benzene rings is 2. The van der Waals surface area contributed by atoms with Crippen LogP contribution < -0.4 is 27.5 Å². The first-order valence-electron chi connectivity index (χ1n) is 10.3. The van der Waals surface area contributed by atoms with Crippen LogP contribution in [0.15, 0.2) is 24.3 Å². The number of nitrogens with one attached hydrogen (secondary N) is 1. The van der Waals surface area contributed by atoms with Crippen LogP contribution in [0.4, 0.5) is 4.39 Å². The third-order valence-electron chi connectivity index (χ3n) is 5.32. The summed E-state index contributed by atoms with van der Waals surface area (Å²) in [5.41, 5.74) is 2.81. The Morgan fingerprint density at radius 2 is 1.75 bits per heavy atom. The number of carbonyl (C=O) groups is 1. The summed E-state index contributed by atoms with van der Waals surface area (Å²) in [6, 6.07) is 7.60. The van der Waals surface area contributed by atoms with E-state index in [4.69, 9.17) is 18.9 Å². The molecule has 0 aromatic heterocycles. The first kappa shape index (κ1) is 24.5. The molecule has 174 valence electrons. The van der Waals surface area contributed by atoms with Gasteiger partial charge in [0.05, 0.1) is 14.2 Å². The van der Waals surface area contributed by atoms with Gasteiger partial charge in [-0.2, -0.15) is 0 Å². The molecule has 1 heterocycles. The van der Waals surface area contributed by atoms with Crippen molar-refractivity contribution in [1.82, 2.24) is 10.2 Å². The SMILES string of the molecule is COc1cc2c(cc1OC)CN(CCNC(=O)c1cc([At])cc(OC)c1OCCF)CC2. The van der Waals surface area contributed by atoms with E-state index in [9.17, 15) is 9.18 Å². The van der Waals surface area contributed by atoms with Crippen LogP contribution in [-0.4, -0.2) is 65.1 Å². The van der Waals surface area contributed by atoms with E-state index in [2.05, 4.69) is 10.2 Å². The first-order chi connectivity index (χ1) is 15.5. The average molecular weight is 641 g/mol. The second-order valence-electron chi connectivity index (χ2n) is 7.28. The zero-order chi connectivity index (χ0) is 23.1. The number of nitrogens with zero attached hydrogens (tertiary/aromatic N) is 1. The molecule has 1 amide bonds. The Kier molecular flexibility index (Phi) is 8.94. The molecule has 0 saturated carbocycles. The molecule has 0 radical (unpaired) electrons. The number of carbonyl (C=O) groups excluding carboxylic acids is 1. The number of methoxy groups -OCH3 is 3. The Hall–Kier alpha value is -2.12. The molecule has 0 atom stereocenters. The number of fused-ring (bicyclic) bond motifs is 1. The van der Waals surface area contributed by atoms with E-state index in [-0.39, 0.29) is 18.3 Å². The van der Waals surface area contributed by atoms with Crippen LogP contribution in [0.3, 0.4) is 0 Å². The van der Waals surface area contributed by atoms with Crippen LogP contribution in [-0.2, 0) is 13.0 Å². The van der Waals surface area contributed by atoms with E-state index in [1.807, 2.05) is 12.1 Å². The minimum absolute atomic E-state index is 0.133. The average Bonchev–Trinajstić information content (AvgIpc) is 2.81. The van der Waals surface area contributed by atoms with Crippen molar-refractivity contribution in [3.05, 3.63) is 41.0 Å². The monoisotopic (exact) mass is 641 g/mol. The summed E-state index contributed by atoms with van der Waals surface area (Å²) in [4.78, 5) is 15.1. The summed E-state index contributed by atoms with van der Waals surface area (Å²) in [5.74, 6) is 1.90. The van der Waals surface area contributed by atoms with Gasteiger partial charge in [-0.3, -0.25) is 0 Å². The van der Waals surface area contributed by atoms with Gasteiger partial charge in [0.1, 0.15) is 0 Å². The summed E-state index contributed by atoms with van der Waals surface area (Å²) in [7, 11) is 4.78. The summed E-state index contributed by atoms with van der Waals surface area (Å²) < 4.78 is 35.2. The Bertz CT molecular complexity index is 956. The van der Waals surface area contributed by atoms with Crippen molar-refractivity contribution in [2.45, 2.75) is 13.0 Å². The number of ether oxygens (including phenoxy) is 4. The summed E-state index contributed by atoms with van der Waals surface area (Å²) in [5, 5.41) is 2.96. The van der Waals surface area contributed by atoms with Crippen molar-refractivity contribution in [3.8, 4) is 23.0 Å². The van der Waals surface area contributed by atoms with Gasteiger partial charge in [-0.1, -0.05) is 0 Å². The molecule has 7 nitrogen and oxygen atoms in total. The topological polar surface area (TPSA) is 69.3 Å². The van der Waals surface area contributed by atoms with E-state index >= 15 is 0 Å². The van der Waals surface area contributed by atoms with Crippen LogP contribution >= 0.6 is 0 Å². The fourth-order valence-electron chi connectivity index (χ4n) is 3.73. The molecule has 1 N–H and O–H groups in total. The predicted molar refractivity (Wildman–Crippen MR) is 115 cm³/mol. The molecule has 1 aliphatic rings. The number of hydrogen-bond donors (Lipinski definition) is 1. The summed E-state index contributed by atoms with van der Waals surface area (Å²) >= 11 is 1.42. The first-order valence-corrected chi connectivity index (χ1v) is 11.8. The quantitative estimate of drug-likeness (QED) is 0.429. The van der Waals surface area contributed by atoms with Gasteiger partial charge in [0.15, 0.2) is 5.75 Å². The molecule has 3 rings (SSSR count). The van der Waals surface area contributed by atoms with E-state index in [1.165, 1.54) is 43.0 Å². The standard InChI is InChI=1S/C23H28AtFN2O5/c1-29-19-10-15-4-7-27(14-16(15)11-20(19)30-2)8-6-26-23(28)18-12-17(24)13-21(31-3)22(18)32-9-5-25/h10-13H,4-9,14H2,1-3H3,(H,26,28). The molecule has 0 saturated heterocycles. The Labute approximate surface area is 203 Å². The number of halogens is 1. The van der Waals surface area contributed by atoms with Crippen molar-refractivity contribution in [3.63, 3.8) is 0 Å². The van der Waals surface area contributed by atoms with Gasteiger partial charge in [-0.05, 0) is 0 Å². The number of rotatable bonds is 10. The van der Waals surface area contributed by atoms with Crippen LogP contribution in [0.2, 0.25) is 0 Å². The molecule has 0 fully saturated rings. The molecule has 2 aromatic rings. The molecule has 0 aliphatic carbocycles. The van der Waals surface area contributed by atoms with Crippen LogP contribution in [0.25, 0.3) is 0 Å². The van der Waals surface area contributed by atoms with Crippen LogP contribution in [0, 0.1) is 24.7 Å². The molecular weight excluding hydrogens is 613 g/mol. The zero-order valence-corrected chi connectivity index (χ0v) is 21.4. The van der Waals surface area contributed by atoms with Crippen molar-refractivity contribution >= 4 is 9.18 Å². The predicted octanol–water partition coefficient (Wildman–Crippen LogP) is 2.02. The summed E-state index contributed by atoms with van der Waals surface area (Å²) in [6.45, 7) is 2.07. The van der Waals surface area contributed by atoms with Gasteiger partial charge < -0.3 is 9.47 Å². The maximum atomic E-state index is 12.9. The van der Waals surface area contributed by atoms with Crippen molar-refractivity contribution in [1.29, 1.82) is 0 Å². The molecule has 0 unspecified atom stereocenters. The number of alkyl halides is 1. The van der Waals surface area contributed by atoms with Gasteiger partial charge in [0.2, 0.25) is 0 Å². The van der Waals surface area contributed by atoms with Gasteiger partial charge >= 0.3 is 174 Å². The van der Waals surface area contributed by atoms with E-state index in [0.717, 1.165) is 34.3 Å². The fourth-order valence-corrected chi connectivity index (χ4v) is 4.54. The fraction of sp³-hybridized carbons (Fsp3) is 0.435. The van der Waals surface area contributed by atoms with Gasteiger partial charge in [-0.15, -0.1) is 0 Å². The van der Waals surface area contributed by atoms with Crippen molar-refractivity contribution in [2.24, 2.45) is 0 Å². The maximum absolute atomic E-state index is 12.9. The van der Waals surface area contributed by atoms with Crippen molar-refractivity contribution in [2.75, 3.05) is 54.2 Å². The normalized spacial score (nSPS) is 13.3. The summed E-state index contributed by atoms with van der Waals surface area (Å²) in [6.07, 6.45) is 0.905.